The minimum absolute atomic E-state index is 1.02. The summed E-state index contributed by atoms with van der Waals surface area (Å²) in [5, 5.41) is 2.11. The molecule has 2 aromatic rings. The molecule has 2 rings (SSSR count). The first kappa shape index (κ1) is 10.7. The van der Waals surface area contributed by atoms with E-state index in [1.807, 2.05) is 0 Å². The molecule has 0 nitrogen and oxygen atoms in total. The van der Waals surface area contributed by atoms with E-state index < -0.39 is 0 Å². The maximum absolute atomic E-state index is 3.42. The quantitative estimate of drug-likeness (QED) is 0.759. The molecule has 0 radical (unpaired) electrons. The minimum atomic E-state index is 1.02. The number of benzene rings is 1. The Morgan fingerprint density at radius 3 is 2.60 bits per heavy atom. The average Bonchev–Trinajstić information content (AvgIpc) is 2.74. The van der Waals surface area contributed by atoms with E-state index in [2.05, 4.69) is 69.9 Å². The van der Waals surface area contributed by atoms with Gasteiger partial charge in [0.2, 0.25) is 0 Å². The molecule has 0 amide bonds. The molecule has 1 aromatic heterocycles. The van der Waals surface area contributed by atoms with Crippen molar-refractivity contribution >= 4 is 33.3 Å². The summed E-state index contributed by atoms with van der Waals surface area (Å²) in [4.78, 5) is 1.41. The topological polar surface area (TPSA) is 0 Å². The van der Waals surface area contributed by atoms with Crippen LogP contribution in [0.15, 0.2) is 52.3 Å². The Hall–Kier alpha value is -0.860. The predicted octanol–water partition coefficient (Wildman–Crippen LogP) is 4.77. The van der Waals surface area contributed by atoms with Crippen molar-refractivity contribution in [2.75, 3.05) is 0 Å². The van der Waals surface area contributed by atoms with Crippen LogP contribution in [0.4, 0.5) is 0 Å². The van der Waals surface area contributed by atoms with Gasteiger partial charge in [0.25, 0.3) is 0 Å². The second-order valence-corrected chi connectivity index (χ2v) is 5.19. The normalized spacial score (nSPS) is 11.0. The number of allylic oxidation sites excluding steroid dienone is 1. The molecule has 0 saturated carbocycles. The molecule has 0 aliphatic heterocycles. The van der Waals surface area contributed by atoms with E-state index in [0.29, 0.717) is 0 Å². The molecule has 0 spiro atoms. The molecule has 0 bridgehead atoms. The summed E-state index contributed by atoms with van der Waals surface area (Å²) < 4.78 is 1.12. The van der Waals surface area contributed by atoms with Crippen LogP contribution in [0.1, 0.15) is 10.4 Å². The summed E-state index contributed by atoms with van der Waals surface area (Å²) in [5.74, 6) is 0. The second-order valence-electron chi connectivity index (χ2n) is 3.24. The zero-order chi connectivity index (χ0) is 10.5. The third-order valence-corrected chi connectivity index (χ3v) is 3.51. The molecule has 0 aliphatic rings. The highest BCUT2D eigenvalue weighted by molar-refractivity contribution is 9.10. The fraction of sp³-hybridized carbons (Fsp3) is 0.0769. The maximum Gasteiger partial charge on any atom is 0.0175 e. The summed E-state index contributed by atoms with van der Waals surface area (Å²) in [6, 6.07) is 12.6. The number of hydrogen-bond acceptors (Lipinski definition) is 1. The van der Waals surface area contributed by atoms with Crippen molar-refractivity contribution in [1.29, 1.82) is 0 Å². The van der Waals surface area contributed by atoms with Gasteiger partial charge in [-0.1, -0.05) is 46.3 Å². The Kier molecular flexibility index (Phi) is 3.75. The number of hydrogen-bond donors (Lipinski definition) is 0. The van der Waals surface area contributed by atoms with Crippen LogP contribution in [-0.4, -0.2) is 0 Å². The molecule has 0 saturated heterocycles. The molecule has 1 heterocycles. The lowest BCUT2D eigenvalue weighted by Crippen LogP contribution is -1.73. The Bertz CT molecular complexity index is 426. The molecule has 0 aliphatic carbocycles. The summed E-state index contributed by atoms with van der Waals surface area (Å²) in [6.07, 6.45) is 5.38. The van der Waals surface area contributed by atoms with Gasteiger partial charge in [-0.25, -0.2) is 0 Å². The van der Waals surface area contributed by atoms with E-state index >= 15 is 0 Å². The third kappa shape index (κ3) is 3.33. The van der Waals surface area contributed by atoms with Crippen molar-refractivity contribution in [3.05, 3.63) is 62.8 Å². The number of thiophene rings is 1. The van der Waals surface area contributed by atoms with Crippen molar-refractivity contribution < 1.29 is 0 Å². The lowest BCUT2D eigenvalue weighted by atomic mass is 10.2. The first-order valence-electron chi connectivity index (χ1n) is 4.79. The molecule has 2 heteroatoms. The summed E-state index contributed by atoms with van der Waals surface area (Å²) in [6.45, 7) is 0. The van der Waals surface area contributed by atoms with E-state index in [1.54, 1.807) is 11.3 Å². The first-order chi connectivity index (χ1) is 7.34. The van der Waals surface area contributed by atoms with Gasteiger partial charge in [-0.15, -0.1) is 11.3 Å². The van der Waals surface area contributed by atoms with Crippen molar-refractivity contribution in [2.24, 2.45) is 0 Å². The Morgan fingerprint density at radius 2 is 1.93 bits per heavy atom. The van der Waals surface area contributed by atoms with Crippen LogP contribution in [-0.2, 0) is 6.42 Å². The molecular formula is C13H11BrS. The fourth-order valence-corrected chi connectivity index (χ4v) is 2.26. The van der Waals surface area contributed by atoms with Crippen LogP contribution in [0.25, 0.3) is 6.08 Å². The van der Waals surface area contributed by atoms with E-state index in [-0.39, 0.29) is 0 Å². The molecular weight excluding hydrogens is 268 g/mol. The van der Waals surface area contributed by atoms with Crippen molar-refractivity contribution in [1.82, 2.24) is 0 Å². The lowest BCUT2D eigenvalue weighted by molar-refractivity contribution is 1.35. The number of halogens is 1. The molecule has 15 heavy (non-hydrogen) atoms. The van der Waals surface area contributed by atoms with Gasteiger partial charge in [-0.2, -0.15) is 0 Å². The SMILES string of the molecule is Brc1ccc(/C=C/Cc2cccs2)cc1. The van der Waals surface area contributed by atoms with Crippen LogP contribution in [0.3, 0.4) is 0 Å². The van der Waals surface area contributed by atoms with Gasteiger partial charge < -0.3 is 0 Å². The van der Waals surface area contributed by atoms with Crippen molar-refractivity contribution in [2.45, 2.75) is 6.42 Å². The largest absolute Gasteiger partial charge is 0.149 e. The number of rotatable bonds is 3. The fourth-order valence-electron chi connectivity index (χ4n) is 1.31. The molecule has 0 atom stereocenters. The van der Waals surface area contributed by atoms with Crippen molar-refractivity contribution in [3.8, 4) is 0 Å². The Labute approximate surface area is 102 Å². The molecule has 0 unspecified atom stereocenters. The molecule has 0 N–H and O–H groups in total. The summed E-state index contributed by atoms with van der Waals surface area (Å²) in [5.41, 5.74) is 1.25. The summed E-state index contributed by atoms with van der Waals surface area (Å²) >= 11 is 5.22. The third-order valence-electron chi connectivity index (χ3n) is 2.08. The maximum atomic E-state index is 3.42. The van der Waals surface area contributed by atoms with Crippen molar-refractivity contribution in [3.63, 3.8) is 0 Å². The van der Waals surface area contributed by atoms with Gasteiger partial charge in [0.1, 0.15) is 0 Å². The van der Waals surface area contributed by atoms with E-state index in [0.717, 1.165) is 10.9 Å². The Balaban J connectivity index is 1.97. The summed E-state index contributed by atoms with van der Waals surface area (Å²) in [7, 11) is 0. The van der Waals surface area contributed by atoms with E-state index in [4.69, 9.17) is 0 Å². The standard InChI is InChI=1S/C13H11BrS/c14-12-8-6-11(7-9-12)3-1-4-13-5-2-10-15-13/h1-3,5-10H,4H2/b3-1+. The van der Waals surface area contributed by atoms with Gasteiger partial charge in [0, 0.05) is 15.8 Å². The first-order valence-corrected chi connectivity index (χ1v) is 6.46. The van der Waals surface area contributed by atoms with E-state index in [9.17, 15) is 0 Å². The highest BCUT2D eigenvalue weighted by Crippen LogP contribution is 2.13. The van der Waals surface area contributed by atoms with Crippen LogP contribution in [0.5, 0.6) is 0 Å². The predicted molar refractivity (Wildman–Crippen MR) is 71.2 cm³/mol. The zero-order valence-corrected chi connectivity index (χ0v) is 10.6. The van der Waals surface area contributed by atoms with Gasteiger partial charge in [-0.05, 0) is 29.1 Å². The lowest BCUT2D eigenvalue weighted by Gasteiger charge is -1.93. The van der Waals surface area contributed by atoms with Crippen LogP contribution >= 0.6 is 27.3 Å². The molecule has 76 valence electrons. The zero-order valence-electron chi connectivity index (χ0n) is 8.19. The Morgan fingerprint density at radius 1 is 1.13 bits per heavy atom. The van der Waals surface area contributed by atoms with Gasteiger partial charge >= 0.3 is 0 Å². The second kappa shape index (κ2) is 5.29. The highest BCUT2D eigenvalue weighted by Gasteiger charge is 1.89. The minimum Gasteiger partial charge on any atom is -0.149 e. The van der Waals surface area contributed by atoms with Crippen LogP contribution in [0, 0.1) is 0 Å². The molecule has 0 fully saturated rings. The molecule has 1 aromatic carbocycles. The smallest absolute Gasteiger partial charge is 0.0175 e. The average molecular weight is 279 g/mol. The van der Waals surface area contributed by atoms with E-state index in [1.165, 1.54) is 10.4 Å². The van der Waals surface area contributed by atoms with Gasteiger partial charge in [0.15, 0.2) is 0 Å². The van der Waals surface area contributed by atoms with Gasteiger partial charge in [-0.3, -0.25) is 0 Å². The highest BCUT2D eigenvalue weighted by atomic mass is 79.9. The van der Waals surface area contributed by atoms with Gasteiger partial charge in [0.05, 0.1) is 0 Å². The monoisotopic (exact) mass is 278 g/mol. The van der Waals surface area contributed by atoms with Crippen LogP contribution < -0.4 is 0 Å². The van der Waals surface area contributed by atoms with Crippen LogP contribution in [0.2, 0.25) is 0 Å².